The molecule has 1 amide bonds. The summed E-state index contributed by atoms with van der Waals surface area (Å²) in [6, 6.07) is 14.5. The van der Waals surface area contributed by atoms with E-state index in [1.54, 1.807) is 59.4 Å². The van der Waals surface area contributed by atoms with Gasteiger partial charge in [0.25, 0.3) is 10.0 Å². The number of sulfonamides is 1. The fourth-order valence-electron chi connectivity index (χ4n) is 2.78. The van der Waals surface area contributed by atoms with E-state index in [4.69, 9.17) is 11.6 Å². The van der Waals surface area contributed by atoms with Crippen molar-refractivity contribution in [3.05, 3.63) is 77.5 Å². The summed E-state index contributed by atoms with van der Waals surface area (Å²) in [7, 11) is -3.78. The van der Waals surface area contributed by atoms with Gasteiger partial charge in [-0.15, -0.1) is 0 Å². The molecule has 162 valence electrons. The number of hydrogen-bond acceptors (Lipinski definition) is 4. The third-order valence-corrected chi connectivity index (χ3v) is 5.95. The number of hydrogen-bond donors (Lipinski definition) is 2. The highest BCUT2D eigenvalue weighted by Gasteiger charge is 2.15. The highest BCUT2D eigenvalue weighted by molar-refractivity contribution is 7.92. The summed E-state index contributed by atoms with van der Waals surface area (Å²) in [4.78, 5) is 12.3. The molecule has 0 unspecified atom stereocenters. The molecule has 0 saturated carbocycles. The minimum absolute atomic E-state index is 0.0895. The SMILES string of the molecule is CC(C)Cn1nccc1NC(=O)/C=C/c1ccc(S(=O)(=O)Nc2ccccc2Cl)cc1. The first-order valence-electron chi connectivity index (χ1n) is 9.63. The molecule has 3 rings (SSSR count). The predicted octanol–water partition coefficient (Wildman–Crippen LogP) is 4.65. The van der Waals surface area contributed by atoms with Crippen LogP contribution in [0.3, 0.4) is 0 Å². The minimum Gasteiger partial charge on any atom is -0.307 e. The van der Waals surface area contributed by atoms with Gasteiger partial charge in [-0.05, 0) is 41.8 Å². The van der Waals surface area contributed by atoms with Gasteiger partial charge in [0.2, 0.25) is 5.91 Å². The summed E-state index contributed by atoms with van der Waals surface area (Å²) < 4.78 is 29.3. The van der Waals surface area contributed by atoms with E-state index in [-0.39, 0.29) is 10.8 Å². The number of aromatic nitrogens is 2. The van der Waals surface area contributed by atoms with Crippen molar-refractivity contribution in [1.29, 1.82) is 0 Å². The first kappa shape index (κ1) is 22.6. The van der Waals surface area contributed by atoms with Gasteiger partial charge in [0.15, 0.2) is 0 Å². The molecule has 3 aromatic rings. The van der Waals surface area contributed by atoms with E-state index < -0.39 is 10.0 Å². The lowest BCUT2D eigenvalue weighted by molar-refractivity contribution is -0.111. The maximum absolute atomic E-state index is 12.6. The van der Waals surface area contributed by atoms with Crippen LogP contribution in [-0.4, -0.2) is 24.1 Å². The highest BCUT2D eigenvalue weighted by Crippen LogP contribution is 2.24. The molecule has 0 aliphatic carbocycles. The summed E-state index contributed by atoms with van der Waals surface area (Å²) >= 11 is 6.02. The molecule has 2 aromatic carbocycles. The lowest BCUT2D eigenvalue weighted by atomic mass is 10.2. The van der Waals surface area contributed by atoms with Crippen LogP contribution in [0.1, 0.15) is 19.4 Å². The maximum atomic E-state index is 12.6. The average molecular weight is 459 g/mol. The second kappa shape index (κ2) is 9.80. The summed E-state index contributed by atoms with van der Waals surface area (Å²) in [6.07, 6.45) is 4.63. The zero-order chi connectivity index (χ0) is 22.4. The Morgan fingerprint density at radius 1 is 1.13 bits per heavy atom. The Bertz CT molecular complexity index is 1190. The molecule has 0 fully saturated rings. The Kier molecular flexibility index (Phi) is 7.14. The molecule has 0 spiro atoms. The number of halogens is 1. The zero-order valence-corrected chi connectivity index (χ0v) is 18.7. The fourth-order valence-corrected chi connectivity index (χ4v) is 4.09. The number of benzene rings is 2. The lowest BCUT2D eigenvalue weighted by Gasteiger charge is -2.10. The Morgan fingerprint density at radius 3 is 2.52 bits per heavy atom. The first-order chi connectivity index (χ1) is 14.7. The maximum Gasteiger partial charge on any atom is 0.261 e. The fraction of sp³-hybridized carbons (Fsp3) is 0.182. The standard InChI is InChI=1S/C22H23ClN4O3S/c1-16(2)15-27-21(13-14-24-27)25-22(28)12-9-17-7-10-18(11-8-17)31(29,30)26-20-6-4-3-5-19(20)23/h3-14,16,26H,15H2,1-2H3,(H,25,28)/b12-9+. The van der Waals surface area contributed by atoms with Crippen LogP contribution in [0, 0.1) is 5.92 Å². The Hall–Kier alpha value is -3.10. The molecular weight excluding hydrogens is 436 g/mol. The number of nitrogens with one attached hydrogen (secondary N) is 2. The second-order valence-electron chi connectivity index (χ2n) is 7.27. The van der Waals surface area contributed by atoms with Crippen LogP contribution >= 0.6 is 11.6 Å². The van der Waals surface area contributed by atoms with Gasteiger partial charge in [0, 0.05) is 18.7 Å². The van der Waals surface area contributed by atoms with Gasteiger partial charge in [-0.3, -0.25) is 9.52 Å². The molecule has 31 heavy (non-hydrogen) atoms. The van der Waals surface area contributed by atoms with E-state index in [0.29, 0.717) is 34.6 Å². The van der Waals surface area contributed by atoms with E-state index in [1.165, 1.54) is 18.2 Å². The van der Waals surface area contributed by atoms with E-state index in [0.717, 1.165) is 0 Å². The van der Waals surface area contributed by atoms with Crippen molar-refractivity contribution in [1.82, 2.24) is 9.78 Å². The third kappa shape index (κ3) is 6.19. The molecular formula is C22H23ClN4O3S. The summed E-state index contributed by atoms with van der Waals surface area (Å²) in [5.41, 5.74) is 0.990. The van der Waals surface area contributed by atoms with Crippen LogP contribution < -0.4 is 10.0 Å². The Balaban J connectivity index is 1.65. The predicted molar refractivity (Wildman–Crippen MR) is 123 cm³/mol. The van der Waals surface area contributed by atoms with Gasteiger partial charge in [-0.25, -0.2) is 13.1 Å². The van der Waals surface area contributed by atoms with Crippen LogP contribution in [0.25, 0.3) is 6.08 Å². The lowest BCUT2D eigenvalue weighted by Crippen LogP contribution is -2.15. The molecule has 9 heteroatoms. The molecule has 0 atom stereocenters. The van der Waals surface area contributed by atoms with E-state index in [2.05, 4.69) is 29.0 Å². The van der Waals surface area contributed by atoms with Gasteiger partial charge in [0.05, 0.1) is 21.8 Å². The van der Waals surface area contributed by atoms with Crippen molar-refractivity contribution in [3.63, 3.8) is 0 Å². The van der Waals surface area contributed by atoms with Crippen molar-refractivity contribution in [2.45, 2.75) is 25.3 Å². The van der Waals surface area contributed by atoms with Crippen LogP contribution in [0.15, 0.2) is 71.8 Å². The van der Waals surface area contributed by atoms with Gasteiger partial charge in [-0.1, -0.05) is 49.7 Å². The molecule has 1 heterocycles. The normalized spacial score (nSPS) is 11.7. The number of para-hydroxylation sites is 1. The largest absolute Gasteiger partial charge is 0.307 e. The molecule has 0 radical (unpaired) electrons. The van der Waals surface area contributed by atoms with Gasteiger partial charge < -0.3 is 5.32 Å². The van der Waals surface area contributed by atoms with Crippen molar-refractivity contribution < 1.29 is 13.2 Å². The third-order valence-electron chi connectivity index (χ3n) is 4.24. The van der Waals surface area contributed by atoms with Crippen molar-refractivity contribution >= 4 is 45.1 Å². The first-order valence-corrected chi connectivity index (χ1v) is 11.5. The number of anilines is 2. The van der Waals surface area contributed by atoms with Gasteiger partial charge in [0.1, 0.15) is 5.82 Å². The van der Waals surface area contributed by atoms with Gasteiger partial charge in [-0.2, -0.15) is 5.10 Å². The van der Waals surface area contributed by atoms with Crippen LogP contribution in [0.5, 0.6) is 0 Å². The number of rotatable bonds is 8. The summed E-state index contributed by atoms with van der Waals surface area (Å²) in [6.45, 7) is 4.84. The molecule has 0 bridgehead atoms. The quantitative estimate of drug-likeness (QED) is 0.480. The topological polar surface area (TPSA) is 93.1 Å². The highest BCUT2D eigenvalue weighted by atomic mass is 35.5. The molecule has 0 saturated heterocycles. The zero-order valence-electron chi connectivity index (χ0n) is 17.1. The van der Waals surface area contributed by atoms with Crippen molar-refractivity contribution in [3.8, 4) is 0 Å². The van der Waals surface area contributed by atoms with Crippen molar-refractivity contribution in [2.75, 3.05) is 10.0 Å². The molecule has 2 N–H and O–H groups in total. The average Bonchev–Trinajstić information content (AvgIpc) is 3.14. The Morgan fingerprint density at radius 2 is 1.84 bits per heavy atom. The van der Waals surface area contributed by atoms with Crippen molar-refractivity contribution in [2.24, 2.45) is 5.92 Å². The van der Waals surface area contributed by atoms with Crippen LogP contribution in [0.2, 0.25) is 5.02 Å². The monoisotopic (exact) mass is 458 g/mol. The van der Waals surface area contributed by atoms with E-state index in [9.17, 15) is 13.2 Å². The minimum atomic E-state index is -3.78. The number of carbonyl (C=O) groups excluding carboxylic acids is 1. The van der Waals surface area contributed by atoms with Gasteiger partial charge >= 0.3 is 0 Å². The van der Waals surface area contributed by atoms with Crippen LogP contribution in [0.4, 0.5) is 11.5 Å². The number of amides is 1. The van der Waals surface area contributed by atoms with E-state index in [1.807, 2.05) is 0 Å². The Labute approximate surface area is 186 Å². The number of carbonyl (C=O) groups is 1. The number of nitrogens with zero attached hydrogens (tertiary/aromatic N) is 2. The molecule has 7 nitrogen and oxygen atoms in total. The van der Waals surface area contributed by atoms with E-state index >= 15 is 0 Å². The molecule has 0 aliphatic heterocycles. The smallest absolute Gasteiger partial charge is 0.261 e. The molecule has 0 aliphatic rings. The summed E-state index contributed by atoms with van der Waals surface area (Å²) in [5, 5.41) is 7.30. The molecule has 1 aromatic heterocycles. The second-order valence-corrected chi connectivity index (χ2v) is 9.36. The van der Waals surface area contributed by atoms with Crippen LogP contribution in [-0.2, 0) is 21.4 Å². The summed E-state index contributed by atoms with van der Waals surface area (Å²) in [5.74, 6) is 0.714.